The van der Waals surface area contributed by atoms with Gasteiger partial charge < -0.3 is 19.8 Å². The van der Waals surface area contributed by atoms with Gasteiger partial charge >= 0.3 is 7.82 Å². The molecule has 0 bridgehead atoms. The summed E-state index contributed by atoms with van der Waals surface area (Å²) in [7, 11) is 1.57. The number of nitrogens with zero attached hydrogens (tertiary/aromatic N) is 1. The van der Waals surface area contributed by atoms with Gasteiger partial charge in [-0.05, 0) is 51.4 Å². The lowest BCUT2D eigenvalue weighted by molar-refractivity contribution is -0.870. The SMILES string of the molecule is CCCCCCC/C=C\C/C=C\CCCCCCCCCCCCCCCC(=O)NC(COP(=O)(O)OCC[N+](C)(C)C)C(O)/C=C/CCCCCCCC. The Labute approximate surface area is 340 Å². The summed E-state index contributed by atoms with van der Waals surface area (Å²) in [6.07, 6.45) is 46.6. The van der Waals surface area contributed by atoms with Crippen LogP contribution in [0.15, 0.2) is 36.5 Å². The molecule has 0 saturated heterocycles. The Hall–Kier alpha value is -1.28. The maximum absolute atomic E-state index is 12.8. The molecule has 3 N–H and O–H groups in total. The third-order valence-electron chi connectivity index (χ3n) is 10.1. The Kier molecular flexibility index (Phi) is 37.4. The molecule has 55 heavy (non-hydrogen) atoms. The summed E-state index contributed by atoms with van der Waals surface area (Å²) in [6, 6.07) is -0.843. The van der Waals surface area contributed by atoms with Crippen LogP contribution < -0.4 is 5.32 Å². The van der Waals surface area contributed by atoms with Crippen molar-refractivity contribution in [2.75, 3.05) is 40.9 Å². The van der Waals surface area contributed by atoms with Gasteiger partial charge in [-0.2, -0.15) is 0 Å². The average Bonchev–Trinajstić information content (AvgIpc) is 3.13. The molecule has 0 heterocycles. The van der Waals surface area contributed by atoms with Gasteiger partial charge in [-0.15, -0.1) is 0 Å². The Morgan fingerprint density at radius 3 is 1.49 bits per heavy atom. The zero-order valence-corrected chi connectivity index (χ0v) is 37.6. The lowest BCUT2D eigenvalue weighted by Crippen LogP contribution is -2.45. The minimum Gasteiger partial charge on any atom is -0.387 e. The number of carbonyl (C=O) groups is 1. The molecule has 0 spiro atoms. The summed E-state index contributed by atoms with van der Waals surface area (Å²) in [5.74, 6) is -0.182. The fraction of sp³-hybridized carbons (Fsp3) is 0.848. The number of phosphoric acid groups is 1. The Morgan fingerprint density at radius 2 is 1.04 bits per heavy atom. The van der Waals surface area contributed by atoms with Crippen LogP contribution in [0.2, 0.25) is 0 Å². The molecule has 0 saturated carbocycles. The predicted molar refractivity (Wildman–Crippen MR) is 235 cm³/mol. The van der Waals surface area contributed by atoms with Gasteiger partial charge in [0.25, 0.3) is 0 Å². The van der Waals surface area contributed by atoms with Crippen LogP contribution in [0.3, 0.4) is 0 Å². The summed E-state index contributed by atoms with van der Waals surface area (Å²) in [4.78, 5) is 23.0. The molecule has 324 valence electrons. The maximum Gasteiger partial charge on any atom is 0.472 e. The Balaban J connectivity index is 4.12. The molecule has 0 radical (unpaired) electrons. The first kappa shape index (κ1) is 53.7. The van der Waals surface area contributed by atoms with Crippen LogP contribution in [0.5, 0.6) is 0 Å². The molecule has 0 aromatic carbocycles. The molecule has 0 rings (SSSR count). The van der Waals surface area contributed by atoms with Gasteiger partial charge in [0.05, 0.1) is 39.9 Å². The van der Waals surface area contributed by atoms with Crippen molar-refractivity contribution in [2.45, 2.75) is 212 Å². The number of aliphatic hydroxyl groups is 1. The number of likely N-dealkylation sites (N-methyl/N-ethyl adjacent to an activating group) is 1. The predicted octanol–water partition coefficient (Wildman–Crippen LogP) is 12.7. The molecule has 0 aliphatic rings. The number of hydrogen-bond acceptors (Lipinski definition) is 5. The lowest BCUT2D eigenvalue weighted by atomic mass is 10.0. The third kappa shape index (κ3) is 40.7. The van der Waals surface area contributed by atoms with Crippen LogP contribution in [-0.4, -0.2) is 73.4 Å². The smallest absolute Gasteiger partial charge is 0.387 e. The molecule has 3 unspecified atom stereocenters. The molecule has 9 heteroatoms. The number of hydrogen-bond donors (Lipinski definition) is 3. The lowest BCUT2D eigenvalue weighted by Gasteiger charge is -2.25. The first-order valence-corrected chi connectivity index (χ1v) is 24.4. The largest absolute Gasteiger partial charge is 0.472 e. The van der Waals surface area contributed by atoms with Crippen LogP contribution in [0, 0.1) is 0 Å². The average molecular weight is 798 g/mol. The summed E-state index contributed by atoms with van der Waals surface area (Å²) in [6.45, 7) is 4.76. The number of carbonyl (C=O) groups excluding carboxylic acids is 1. The number of allylic oxidation sites excluding steroid dienone is 5. The van der Waals surface area contributed by atoms with Crippen molar-refractivity contribution in [3.8, 4) is 0 Å². The minimum absolute atomic E-state index is 0.0611. The van der Waals surface area contributed by atoms with Gasteiger partial charge in [0.1, 0.15) is 13.2 Å². The number of rotatable bonds is 41. The normalized spacial score (nSPS) is 14.7. The van der Waals surface area contributed by atoms with E-state index in [1.165, 1.54) is 135 Å². The van der Waals surface area contributed by atoms with Crippen LogP contribution in [0.25, 0.3) is 0 Å². The highest BCUT2D eigenvalue weighted by molar-refractivity contribution is 7.47. The van der Waals surface area contributed by atoms with Gasteiger partial charge in [0, 0.05) is 6.42 Å². The van der Waals surface area contributed by atoms with Crippen molar-refractivity contribution in [2.24, 2.45) is 0 Å². The highest BCUT2D eigenvalue weighted by Crippen LogP contribution is 2.43. The van der Waals surface area contributed by atoms with Crippen molar-refractivity contribution in [1.82, 2.24) is 5.32 Å². The van der Waals surface area contributed by atoms with Crippen LogP contribution in [0.4, 0.5) is 0 Å². The first-order chi connectivity index (χ1) is 26.5. The molecule has 0 aliphatic heterocycles. The van der Waals surface area contributed by atoms with E-state index >= 15 is 0 Å². The van der Waals surface area contributed by atoms with E-state index in [2.05, 4.69) is 43.5 Å². The van der Waals surface area contributed by atoms with Crippen molar-refractivity contribution < 1.29 is 32.9 Å². The number of quaternary nitrogens is 1. The summed E-state index contributed by atoms with van der Waals surface area (Å²) < 4.78 is 23.5. The quantitative estimate of drug-likeness (QED) is 0.0246. The van der Waals surface area contributed by atoms with E-state index in [0.717, 1.165) is 44.9 Å². The van der Waals surface area contributed by atoms with Gasteiger partial charge in [-0.3, -0.25) is 13.8 Å². The van der Waals surface area contributed by atoms with Crippen molar-refractivity contribution in [3.63, 3.8) is 0 Å². The topological polar surface area (TPSA) is 105 Å². The van der Waals surface area contributed by atoms with Gasteiger partial charge in [-0.25, -0.2) is 4.57 Å². The van der Waals surface area contributed by atoms with E-state index in [1.54, 1.807) is 6.08 Å². The minimum atomic E-state index is -4.33. The molecular formula is C46H90N2O6P+. The molecule has 0 aromatic heterocycles. The first-order valence-electron chi connectivity index (χ1n) is 22.9. The molecule has 0 fully saturated rings. The number of phosphoric ester groups is 1. The van der Waals surface area contributed by atoms with Gasteiger partial charge in [0.2, 0.25) is 5.91 Å². The molecule has 0 aliphatic carbocycles. The number of aliphatic hydroxyl groups excluding tert-OH is 1. The van der Waals surface area contributed by atoms with Crippen molar-refractivity contribution in [3.05, 3.63) is 36.5 Å². The monoisotopic (exact) mass is 798 g/mol. The number of nitrogens with one attached hydrogen (secondary N) is 1. The molecule has 3 atom stereocenters. The molecule has 8 nitrogen and oxygen atoms in total. The van der Waals surface area contributed by atoms with E-state index in [1.807, 2.05) is 27.2 Å². The van der Waals surface area contributed by atoms with Crippen LogP contribution in [-0.2, 0) is 18.4 Å². The van der Waals surface area contributed by atoms with Crippen molar-refractivity contribution >= 4 is 13.7 Å². The zero-order valence-electron chi connectivity index (χ0n) is 36.7. The second kappa shape index (κ2) is 38.2. The number of amides is 1. The van der Waals surface area contributed by atoms with Gasteiger partial charge in [0.15, 0.2) is 0 Å². The summed E-state index contributed by atoms with van der Waals surface area (Å²) >= 11 is 0. The molecule has 0 aromatic rings. The fourth-order valence-electron chi connectivity index (χ4n) is 6.42. The maximum atomic E-state index is 12.8. The van der Waals surface area contributed by atoms with E-state index in [9.17, 15) is 19.4 Å². The Bertz CT molecular complexity index is 995. The second-order valence-electron chi connectivity index (χ2n) is 16.8. The summed E-state index contributed by atoms with van der Waals surface area (Å²) in [5, 5.41) is 13.7. The van der Waals surface area contributed by atoms with Gasteiger partial charge in [-0.1, -0.05) is 179 Å². The third-order valence-corrected chi connectivity index (χ3v) is 11.1. The standard InChI is InChI=1S/C46H89N2O6P/c1-6-8-10-12-14-16-17-18-19-20-21-22-23-24-25-26-27-28-29-30-31-32-34-36-38-40-46(50)47-44(43-54-55(51,52)53-42-41-48(3,4)5)45(49)39-37-35-33-15-13-11-9-7-2/h17-18,20-21,37,39,44-45,49H,6-16,19,22-36,38,40-43H2,1-5H3,(H-,47,50,51,52)/p+1/b18-17-,21-20-,39-37+. The zero-order chi connectivity index (χ0) is 40.7. The fourth-order valence-corrected chi connectivity index (χ4v) is 7.16. The van der Waals surface area contributed by atoms with Crippen LogP contribution >= 0.6 is 7.82 Å². The number of unbranched alkanes of at least 4 members (excludes halogenated alkanes) is 24. The van der Waals surface area contributed by atoms with E-state index in [0.29, 0.717) is 17.4 Å². The van der Waals surface area contributed by atoms with E-state index < -0.39 is 20.0 Å². The highest BCUT2D eigenvalue weighted by Gasteiger charge is 2.27. The summed E-state index contributed by atoms with van der Waals surface area (Å²) in [5.41, 5.74) is 0. The van der Waals surface area contributed by atoms with Crippen molar-refractivity contribution in [1.29, 1.82) is 0 Å². The second-order valence-corrected chi connectivity index (χ2v) is 18.2. The van der Waals surface area contributed by atoms with Crippen LogP contribution in [0.1, 0.15) is 200 Å². The molecular weight excluding hydrogens is 707 g/mol. The van der Waals surface area contributed by atoms with E-state index in [-0.39, 0.29) is 19.1 Å². The Morgan fingerprint density at radius 1 is 0.618 bits per heavy atom. The highest BCUT2D eigenvalue weighted by atomic mass is 31.2. The van der Waals surface area contributed by atoms with E-state index in [4.69, 9.17) is 9.05 Å². The molecule has 1 amide bonds.